The number of fused-ring (bicyclic) bond motifs is 1. The number of carbonyl (C=O) groups is 1. The van der Waals surface area contributed by atoms with Gasteiger partial charge in [0.1, 0.15) is 0 Å². The van der Waals surface area contributed by atoms with Crippen molar-refractivity contribution < 1.29 is 4.79 Å². The van der Waals surface area contributed by atoms with E-state index in [2.05, 4.69) is 28.4 Å². The number of carbonyl (C=O) groups excluding carboxylic acids is 1. The van der Waals surface area contributed by atoms with E-state index in [1.54, 1.807) is 0 Å². The van der Waals surface area contributed by atoms with E-state index < -0.39 is 0 Å². The molecule has 0 bridgehead atoms. The Morgan fingerprint density at radius 3 is 2.93 bits per heavy atom. The Morgan fingerprint density at radius 2 is 2.11 bits per heavy atom. The second-order valence-electron chi connectivity index (χ2n) is 7.55. The van der Waals surface area contributed by atoms with Gasteiger partial charge in [-0.15, -0.1) is 5.10 Å². The van der Waals surface area contributed by atoms with Gasteiger partial charge in [-0.1, -0.05) is 18.6 Å². The quantitative estimate of drug-likeness (QED) is 0.725. The SMILES string of the molecule is CCCCc1cn(CC2CCN(C(=O)c3ccc4[nH]ccc4c3)CC2)nn1. The molecule has 142 valence electrons. The molecule has 3 aromatic rings. The lowest BCUT2D eigenvalue weighted by Gasteiger charge is -2.32. The summed E-state index contributed by atoms with van der Waals surface area (Å²) in [6, 6.07) is 7.88. The molecule has 0 saturated carbocycles. The first-order chi connectivity index (χ1) is 13.2. The largest absolute Gasteiger partial charge is 0.361 e. The molecule has 6 heteroatoms. The fraction of sp³-hybridized carbons (Fsp3) is 0.476. The average molecular weight is 365 g/mol. The lowest BCUT2D eigenvalue weighted by atomic mass is 9.96. The lowest BCUT2D eigenvalue weighted by Crippen LogP contribution is -2.39. The highest BCUT2D eigenvalue weighted by atomic mass is 16.2. The molecule has 4 rings (SSSR count). The number of aromatic amines is 1. The van der Waals surface area contributed by atoms with Crippen molar-refractivity contribution in [3.8, 4) is 0 Å². The Labute approximate surface area is 159 Å². The van der Waals surface area contributed by atoms with Gasteiger partial charge in [-0.25, -0.2) is 0 Å². The van der Waals surface area contributed by atoms with Crippen LogP contribution in [0, 0.1) is 5.92 Å². The summed E-state index contributed by atoms with van der Waals surface area (Å²) in [4.78, 5) is 18.0. The monoisotopic (exact) mass is 365 g/mol. The maximum absolute atomic E-state index is 12.8. The van der Waals surface area contributed by atoms with Crippen LogP contribution < -0.4 is 0 Å². The van der Waals surface area contributed by atoms with Crippen LogP contribution in [0.1, 0.15) is 48.7 Å². The highest BCUT2D eigenvalue weighted by Crippen LogP contribution is 2.22. The van der Waals surface area contributed by atoms with E-state index in [1.807, 2.05) is 40.0 Å². The predicted molar refractivity (Wildman–Crippen MR) is 106 cm³/mol. The average Bonchev–Trinajstić information content (AvgIpc) is 3.35. The summed E-state index contributed by atoms with van der Waals surface area (Å²) in [5.41, 5.74) is 2.93. The minimum atomic E-state index is 0.138. The molecule has 1 fully saturated rings. The Kier molecular flexibility index (Phi) is 5.23. The molecule has 1 aliphatic rings. The molecule has 1 saturated heterocycles. The van der Waals surface area contributed by atoms with Crippen LogP contribution in [0.4, 0.5) is 0 Å². The van der Waals surface area contributed by atoms with Crippen LogP contribution in [-0.2, 0) is 13.0 Å². The topological polar surface area (TPSA) is 66.8 Å². The van der Waals surface area contributed by atoms with Gasteiger partial charge in [0.15, 0.2) is 0 Å². The first-order valence-corrected chi connectivity index (χ1v) is 9.98. The molecule has 0 spiro atoms. The van der Waals surface area contributed by atoms with Crippen LogP contribution in [0.15, 0.2) is 36.7 Å². The van der Waals surface area contributed by atoms with Crippen LogP contribution in [0.25, 0.3) is 10.9 Å². The predicted octanol–water partition coefficient (Wildman–Crippen LogP) is 3.65. The van der Waals surface area contributed by atoms with E-state index in [1.165, 1.54) is 6.42 Å². The summed E-state index contributed by atoms with van der Waals surface area (Å²) in [5.74, 6) is 0.695. The second-order valence-corrected chi connectivity index (χ2v) is 7.55. The molecule has 1 aliphatic heterocycles. The van der Waals surface area contributed by atoms with Crippen molar-refractivity contribution in [2.75, 3.05) is 13.1 Å². The number of benzene rings is 1. The number of aromatic nitrogens is 4. The van der Waals surface area contributed by atoms with Gasteiger partial charge in [0.25, 0.3) is 5.91 Å². The smallest absolute Gasteiger partial charge is 0.253 e. The minimum Gasteiger partial charge on any atom is -0.361 e. The van der Waals surface area contributed by atoms with Crippen LogP contribution in [-0.4, -0.2) is 43.9 Å². The van der Waals surface area contributed by atoms with E-state index >= 15 is 0 Å². The summed E-state index contributed by atoms with van der Waals surface area (Å²) in [7, 11) is 0. The van der Waals surface area contributed by atoms with Crippen molar-refractivity contribution in [2.45, 2.75) is 45.6 Å². The molecular weight excluding hydrogens is 338 g/mol. The third-order valence-electron chi connectivity index (χ3n) is 5.52. The molecule has 3 heterocycles. The normalized spacial score (nSPS) is 15.5. The molecular formula is C21H27N5O. The van der Waals surface area contributed by atoms with Gasteiger partial charge >= 0.3 is 0 Å². The molecule has 1 N–H and O–H groups in total. The van der Waals surface area contributed by atoms with E-state index in [0.29, 0.717) is 5.92 Å². The van der Waals surface area contributed by atoms with Crippen LogP contribution >= 0.6 is 0 Å². The number of aryl methyl sites for hydroxylation is 1. The summed E-state index contributed by atoms with van der Waals surface area (Å²) >= 11 is 0. The second kappa shape index (κ2) is 7.94. The Balaban J connectivity index is 1.31. The number of piperidine rings is 1. The van der Waals surface area contributed by atoms with Crippen molar-refractivity contribution in [1.29, 1.82) is 0 Å². The van der Waals surface area contributed by atoms with Crippen LogP contribution in [0.3, 0.4) is 0 Å². The standard InChI is InChI=1S/C21H27N5O/c1-2-3-4-19-15-26(24-23-19)14-16-8-11-25(12-9-16)21(27)18-5-6-20-17(13-18)7-10-22-20/h5-7,10,13,15-16,22H,2-4,8-9,11-12,14H2,1H3. The lowest BCUT2D eigenvalue weighted by molar-refractivity contribution is 0.0681. The number of rotatable bonds is 6. The number of hydrogen-bond donors (Lipinski definition) is 1. The molecule has 6 nitrogen and oxygen atoms in total. The van der Waals surface area contributed by atoms with Gasteiger partial charge in [-0.2, -0.15) is 0 Å². The Bertz CT molecular complexity index is 904. The highest BCUT2D eigenvalue weighted by molar-refractivity contribution is 5.98. The number of H-pyrrole nitrogens is 1. The maximum Gasteiger partial charge on any atom is 0.253 e. The zero-order chi connectivity index (χ0) is 18.6. The first-order valence-electron chi connectivity index (χ1n) is 9.98. The number of likely N-dealkylation sites (tertiary alicyclic amines) is 1. The molecule has 2 aromatic heterocycles. The van der Waals surface area contributed by atoms with E-state index in [4.69, 9.17) is 0 Å². The molecule has 0 atom stereocenters. The van der Waals surface area contributed by atoms with E-state index in [9.17, 15) is 4.79 Å². The summed E-state index contributed by atoms with van der Waals surface area (Å²) in [6.07, 6.45) is 9.37. The third-order valence-corrected chi connectivity index (χ3v) is 5.52. The number of amides is 1. The maximum atomic E-state index is 12.8. The minimum absolute atomic E-state index is 0.138. The van der Waals surface area contributed by atoms with Crippen molar-refractivity contribution in [3.63, 3.8) is 0 Å². The zero-order valence-corrected chi connectivity index (χ0v) is 15.9. The number of unbranched alkanes of at least 4 members (excludes halogenated alkanes) is 1. The third kappa shape index (κ3) is 4.04. The van der Waals surface area contributed by atoms with E-state index in [0.717, 1.165) is 67.5 Å². The fourth-order valence-electron chi connectivity index (χ4n) is 3.85. The zero-order valence-electron chi connectivity index (χ0n) is 15.9. The number of nitrogens with one attached hydrogen (secondary N) is 1. The molecule has 0 radical (unpaired) electrons. The van der Waals surface area contributed by atoms with Crippen molar-refractivity contribution in [3.05, 3.63) is 47.9 Å². The number of nitrogens with zero attached hydrogens (tertiary/aromatic N) is 4. The van der Waals surface area contributed by atoms with Crippen molar-refractivity contribution in [2.24, 2.45) is 5.92 Å². The molecule has 0 unspecified atom stereocenters. The Hall–Kier alpha value is -2.63. The molecule has 0 aliphatic carbocycles. The van der Waals surface area contributed by atoms with Crippen molar-refractivity contribution in [1.82, 2.24) is 24.9 Å². The fourth-order valence-corrected chi connectivity index (χ4v) is 3.85. The van der Waals surface area contributed by atoms with Crippen LogP contribution in [0.5, 0.6) is 0 Å². The van der Waals surface area contributed by atoms with Gasteiger partial charge in [0, 0.05) is 48.5 Å². The summed E-state index contributed by atoms with van der Waals surface area (Å²) < 4.78 is 1.98. The van der Waals surface area contributed by atoms with Gasteiger partial charge in [0.05, 0.1) is 5.69 Å². The van der Waals surface area contributed by atoms with E-state index in [-0.39, 0.29) is 5.91 Å². The first kappa shape index (κ1) is 17.8. The molecule has 1 aromatic carbocycles. The Morgan fingerprint density at radius 1 is 1.26 bits per heavy atom. The van der Waals surface area contributed by atoms with Gasteiger partial charge in [-0.05, 0) is 55.9 Å². The van der Waals surface area contributed by atoms with Crippen LogP contribution in [0.2, 0.25) is 0 Å². The molecule has 27 heavy (non-hydrogen) atoms. The van der Waals surface area contributed by atoms with Crippen molar-refractivity contribution >= 4 is 16.8 Å². The molecule has 1 amide bonds. The van der Waals surface area contributed by atoms with Gasteiger partial charge < -0.3 is 9.88 Å². The highest BCUT2D eigenvalue weighted by Gasteiger charge is 2.24. The van der Waals surface area contributed by atoms with Gasteiger partial charge in [-0.3, -0.25) is 9.48 Å². The summed E-state index contributed by atoms with van der Waals surface area (Å²) in [5, 5.41) is 9.62. The van der Waals surface area contributed by atoms with Gasteiger partial charge in [0.2, 0.25) is 0 Å². The summed E-state index contributed by atoms with van der Waals surface area (Å²) in [6.45, 7) is 4.71. The number of hydrogen-bond acceptors (Lipinski definition) is 3.